The first-order valence-corrected chi connectivity index (χ1v) is 7.19. The highest BCUT2D eigenvalue weighted by Crippen LogP contribution is 2.09. The number of hydrogen-bond donors (Lipinski definition) is 2. The molecule has 0 bridgehead atoms. The zero-order chi connectivity index (χ0) is 15.1. The number of nitrogens with one attached hydrogen (secondary N) is 2. The van der Waals surface area contributed by atoms with E-state index < -0.39 is 0 Å². The lowest BCUT2D eigenvalue weighted by Crippen LogP contribution is -2.27. The van der Waals surface area contributed by atoms with E-state index in [0.717, 1.165) is 22.8 Å². The number of carbonyl (C=O) groups excluding carboxylic acids is 1. The van der Waals surface area contributed by atoms with Crippen molar-refractivity contribution >= 4 is 23.3 Å². The highest BCUT2D eigenvalue weighted by Gasteiger charge is 2.03. The molecule has 0 aliphatic heterocycles. The molecule has 1 aromatic heterocycles. The fourth-order valence-electron chi connectivity index (χ4n) is 1.84. The summed E-state index contributed by atoms with van der Waals surface area (Å²) in [6, 6.07) is 9.41. The largest absolute Gasteiger partial charge is 0.367 e. The molecular formula is C15H18ClN3O2. The van der Waals surface area contributed by atoms with Crippen molar-refractivity contribution in [2.45, 2.75) is 19.8 Å². The standard InChI is InChI=1S/C15H18ClN3O2/c1-11-10-14(19-21-11)17-9-7-15(20)18-8-6-12-2-4-13(16)5-3-12/h2-5,10H,6-9H2,1H3,(H,17,19)(H,18,20). The molecule has 2 N–H and O–H groups in total. The van der Waals surface area contributed by atoms with E-state index in [4.69, 9.17) is 16.1 Å². The number of aromatic nitrogens is 1. The van der Waals surface area contributed by atoms with Gasteiger partial charge in [-0.2, -0.15) is 0 Å². The SMILES string of the molecule is Cc1cc(NCCC(=O)NCCc2ccc(Cl)cc2)no1. The molecule has 2 aromatic rings. The van der Waals surface area contributed by atoms with Gasteiger partial charge in [-0.15, -0.1) is 0 Å². The minimum Gasteiger partial charge on any atom is -0.367 e. The predicted molar refractivity (Wildman–Crippen MR) is 82.5 cm³/mol. The summed E-state index contributed by atoms with van der Waals surface area (Å²) in [6.07, 6.45) is 1.19. The molecule has 0 spiro atoms. The van der Waals surface area contributed by atoms with Gasteiger partial charge in [-0.25, -0.2) is 0 Å². The fraction of sp³-hybridized carbons (Fsp3) is 0.333. The molecule has 1 heterocycles. The number of rotatable bonds is 7. The molecule has 0 fully saturated rings. The third-order valence-corrected chi connectivity index (χ3v) is 3.19. The number of carbonyl (C=O) groups is 1. The second kappa shape index (κ2) is 7.69. The quantitative estimate of drug-likeness (QED) is 0.825. The Labute approximate surface area is 128 Å². The molecular weight excluding hydrogens is 290 g/mol. The first kappa shape index (κ1) is 15.4. The average molecular weight is 308 g/mol. The van der Waals surface area contributed by atoms with Crippen LogP contribution in [0.25, 0.3) is 0 Å². The minimum absolute atomic E-state index is 0.0108. The zero-order valence-corrected chi connectivity index (χ0v) is 12.6. The van der Waals surface area contributed by atoms with Gasteiger partial charge in [0.2, 0.25) is 5.91 Å². The normalized spacial score (nSPS) is 10.4. The van der Waals surface area contributed by atoms with Crippen LogP contribution in [-0.4, -0.2) is 24.2 Å². The molecule has 0 saturated heterocycles. The zero-order valence-electron chi connectivity index (χ0n) is 11.9. The maximum atomic E-state index is 11.7. The molecule has 2 rings (SSSR count). The Balaban J connectivity index is 1.60. The molecule has 5 nitrogen and oxygen atoms in total. The Bertz CT molecular complexity index is 581. The first-order chi connectivity index (χ1) is 10.1. The van der Waals surface area contributed by atoms with Crippen LogP contribution in [0.2, 0.25) is 5.02 Å². The van der Waals surface area contributed by atoms with E-state index in [2.05, 4.69) is 15.8 Å². The summed E-state index contributed by atoms with van der Waals surface area (Å²) in [6.45, 7) is 2.96. The van der Waals surface area contributed by atoms with E-state index in [9.17, 15) is 4.79 Å². The number of nitrogens with zero attached hydrogens (tertiary/aromatic N) is 1. The number of benzene rings is 1. The van der Waals surface area contributed by atoms with Gasteiger partial charge >= 0.3 is 0 Å². The number of amides is 1. The van der Waals surface area contributed by atoms with Crippen LogP contribution in [0.3, 0.4) is 0 Å². The summed E-state index contributed by atoms with van der Waals surface area (Å²) in [5.74, 6) is 1.41. The van der Waals surface area contributed by atoms with Gasteiger partial charge in [-0.3, -0.25) is 4.79 Å². The second-order valence-electron chi connectivity index (χ2n) is 4.73. The Kier molecular flexibility index (Phi) is 5.63. The van der Waals surface area contributed by atoms with Crippen molar-refractivity contribution in [3.8, 4) is 0 Å². The first-order valence-electron chi connectivity index (χ1n) is 6.82. The van der Waals surface area contributed by atoms with Crippen LogP contribution in [0, 0.1) is 6.92 Å². The molecule has 0 radical (unpaired) electrons. The van der Waals surface area contributed by atoms with Gasteiger partial charge in [0.05, 0.1) is 0 Å². The van der Waals surface area contributed by atoms with Gasteiger partial charge in [-0.05, 0) is 31.0 Å². The fourth-order valence-corrected chi connectivity index (χ4v) is 1.97. The number of anilines is 1. The Morgan fingerprint density at radius 1 is 1.29 bits per heavy atom. The third kappa shape index (κ3) is 5.47. The van der Waals surface area contributed by atoms with Gasteiger partial charge in [-0.1, -0.05) is 28.9 Å². The Morgan fingerprint density at radius 3 is 2.71 bits per heavy atom. The molecule has 1 amide bonds. The van der Waals surface area contributed by atoms with Gasteiger partial charge < -0.3 is 15.2 Å². The van der Waals surface area contributed by atoms with Crippen molar-refractivity contribution in [1.82, 2.24) is 10.5 Å². The number of hydrogen-bond acceptors (Lipinski definition) is 4. The van der Waals surface area contributed by atoms with Crippen molar-refractivity contribution < 1.29 is 9.32 Å². The molecule has 112 valence electrons. The second-order valence-corrected chi connectivity index (χ2v) is 5.16. The highest BCUT2D eigenvalue weighted by molar-refractivity contribution is 6.30. The maximum absolute atomic E-state index is 11.7. The van der Waals surface area contributed by atoms with E-state index in [1.807, 2.05) is 31.2 Å². The average Bonchev–Trinajstić information content (AvgIpc) is 2.87. The van der Waals surface area contributed by atoms with Crippen LogP contribution in [0.5, 0.6) is 0 Å². The van der Waals surface area contributed by atoms with E-state index in [0.29, 0.717) is 25.3 Å². The summed E-state index contributed by atoms with van der Waals surface area (Å²) < 4.78 is 4.92. The highest BCUT2D eigenvalue weighted by atomic mass is 35.5. The van der Waals surface area contributed by atoms with Gasteiger partial charge in [0.25, 0.3) is 0 Å². The van der Waals surface area contributed by atoms with Crippen molar-refractivity contribution in [2.75, 3.05) is 18.4 Å². The van der Waals surface area contributed by atoms with E-state index in [1.54, 1.807) is 6.07 Å². The molecule has 21 heavy (non-hydrogen) atoms. The topological polar surface area (TPSA) is 67.2 Å². The van der Waals surface area contributed by atoms with Crippen LogP contribution >= 0.6 is 11.6 Å². The predicted octanol–water partition coefficient (Wildman–Crippen LogP) is 2.80. The maximum Gasteiger partial charge on any atom is 0.221 e. The van der Waals surface area contributed by atoms with Crippen LogP contribution in [0.15, 0.2) is 34.9 Å². The molecule has 0 aliphatic carbocycles. The minimum atomic E-state index is 0.0108. The van der Waals surface area contributed by atoms with E-state index in [1.165, 1.54) is 0 Å². The van der Waals surface area contributed by atoms with Gasteiger partial charge in [0, 0.05) is 30.6 Å². The Hall–Kier alpha value is -2.01. The van der Waals surface area contributed by atoms with Crippen LogP contribution in [0.4, 0.5) is 5.82 Å². The van der Waals surface area contributed by atoms with Crippen molar-refractivity contribution in [2.24, 2.45) is 0 Å². The summed E-state index contributed by atoms with van der Waals surface area (Å²) in [4.78, 5) is 11.7. The van der Waals surface area contributed by atoms with Crippen LogP contribution in [-0.2, 0) is 11.2 Å². The van der Waals surface area contributed by atoms with Crippen LogP contribution in [0.1, 0.15) is 17.7 Å². The number of aryl methyl sites for hydroxylation is 1. The lowest BCUT2D eigenvalue weighted by molar-refractivity contribution is -0.120. The lowest BCUT2D eigenvalue weighted by Gasteiger charge is -2.06. The third-order valence-electron chi connectivity index (χ3n) is 2.94. The van der Waals surface area contributed by atoms with Crippen molar-refractivity contribution in [1.29, 1.82) is 0 Å². The molecule has 1 aromatic carbocycles. The van der Waals surface area contributed by atoms with Gasteiger partial charge in [0.1, 0.15) is 5.76 Å². The summed E-state index contributed by atoms with van der Waals surface area (Å²) in [5.41, 5.74) is 1.15. The Morgan fingerprint density at radius 2 is 2.05 bits per heavy atom. The van der Waals surface area contributed by atoms with Crippen molar-refractivity contribution in [3.05, 3.63) is 46.7 Å². The summed E-state index contributed by atoms with van der Waals surface area (Å²) in [7, 11) is 0. The van der Waals surface area contributed by atoms with E-state index >= 15 is 0 Å². The van der Waals surface area contributed by atoms with E-state index in [-0.39, 0.29) is 5.91 Å². The van der Waals surface area contributed by atoms with Crippen LogP contribution < -0.4 is 10.6 Å². The number of halogens is 1. The molecule has 0 saturated carbocycles. The smallest absolute Gasteiger partial charge is 0.221 e. The monoisotopic (exact) mass is 307 g/mol. The summed E-state index contributed by atoms with van der Waals surface area (Å²) in [5, 5.41) is 10.4. The molecule has 6 heteroatoms. The van der Waals surface area contributed by atoms with Gasteiger partial charge in [0.15, 0.2) is 5.82 Å². The summed E-state index contributed by atoms with van der Waals surface area (Å²) >= 11 is 5.82. The lowest BCUT2D eigenvalue weighted by atomic mass is 10.1. The molecule has 0 atom stereocenters. The molecule has 0 unspecified atom stereocenters. The van der Waals surface area contributed by atoms with Crippen molar-refractivity contribution in [3.63, 3.8) is 0 Å². The molecule has 0 aliphatic rings.